The first-order valence-corrected chi connectivity index (χ1v) is 10.3. The van der Waals surface area contributed by atoms with Crippen LogP contribution in [0.5, 0.6) is 5.75 Å². The van der Waals surface area contributed by atoms with Crippen LogP contribution in [0.1, 0.15) is 47.7 Å². The molecule has 0 saturated carbocycles. The average Bonchev–Trinajstić information content (AvgIpc) is 3.21. The number of benzene rings is 2. The lowest BCUT2D eigenvalue weighted by Crippen LogP contribution is -2.22. The molecule has 1 aliphatic carbocycles. The summed E-state index contributed by atoms with van der Waals surface area (Å²) >= 11 is 0. The second-order valence-electron chi connectivity index (χ2n) is 7.71. The zero-order valence-corrected chi connectivity index (χ0v) is 17.1. The summed E-state index contributed by atoms with van der Waals surface area (Å²) in [6.45, 7) is 1.70. The van der Waals surface area contributed by atoms with E-state index >= 15 is 0 Å². The lowest BCUT2D eigenvalue weighted by molar-refractivity contribution is -0.139. The first-order valence-electron chi connectivity index (χ1n) is 10.3. The van der Waals surface area contributed by atoms with Crippen molar-refractivity contribution in [1.82, 2.24) is 9.55 Å². The molecule has 30 heavy (non-hydrogen) atoms. The number of fused-ring (bicyclic) bond motifs is 1. The number of carboxylic acid groups (broad SMARTS) is 1. The Hall–Kier alpha value is -3.34. The Morgan fingerprint density at radius 1 is 1.23 bits per heavy atom. The molecule has 0 fully saturated rings. The Labute approximate surface area is 176 Å². The summed E-state index contributed by atoms with van der Waals surface area (Å²) in [7, 11) is 0. The van der Waals surface area contributed by atoms with Gasteiger partial charge in [-0.2, -0.15) is 0 Å². The highest BCUT2D eigenvalue weighted by Gasteiger charge is 2.29. The van der Waals surface area contributed by atoms with E-state index in [9.17, 15) is 4.79 Å². The zero-order valence-electron chi connectivity index (χ0n) is 17.1. The van der Waals surface area contributed by atoms with E-state index in [1.54, 1.807) is 0 Å². The Morgan fingerprint density at radius 2 is 2.07 bits per heavy atom. The quantitative estimate of drug-likeness (QED) is 0.578. The van der Waals surface area contributed by atoms with Gasteiger partial charge in [-0.1, -0.05) is 54.6 Å². The summed E-state index contributed by atoms with van der Waals surface area (Å²) in [5.74, 6) is -0.0408. The fourth-order valence-corrected chi connectivity index (χ4v) is 4.28. The van der Waals surface area contributed by atoms with E-state index < -0.39 is 5.97 Å². The summed E-state index contributed by atoms with van der Waals surface area (Å²) < 4.78 is 7.81. The van der Waals surface area contributed by atoms with Gasteiger partial charge in [-0.15, -0.1) is 0 Å². The van der Waals surface area contributed by atoms with Crippen molar-refractivity contribution >= 4 is 5.97 Å². The molecule has 0 bridgehead atoms. The number of nitrogens with zero attached hydrogens (tertiary/aromatic N) is 2. The van der Waals surface area contributed by atoms with Crippen molar-refractivity contribution in [3.63, 3.8) is 0 Å². The smallest absolute Gasteiger partial charge is 0.341 e. The Balaban J connectivity index is 1.60. The minimum Gasteiger partial charge on any atom is -0.482 e. The number of rotatable bonds is 7. The molecule has 2 atom stereocenters. The number of imidazole rings is 1. The minimum absolute atomic E-state index is 0.241. The van der Waals surface area contributed by atoms with Crippen LogP contribution in [0.15, 0.2) is 73.2 Å². The molecule has 0 spiro atoms. The van der Waals surface area contributed by atoms with Gasteiger partial charge >= 0.3 is 5.97 Å². The molecule has 1 aliphatic rings. The van der Waals surface area contributed by atoms with Crippen LogP contribution in [0.3, 0.4) is 0 Å². The predicted octanol–water partition coefficient (Wildman–Crippen LogP) is 4.78. The van der Waals surface area contributed by atoms with Crippen molar-refractivity contribution in [3.05, 3.63) is 95.6 Å². The van der Waals surface area contributed by atoms with Gasteiger partial charge in [0.25, 0.3) is 0 Å². The van der Waals surface area contributed by atoms with Crippen LogP contribution < -0.4 is 4.74 Å². The first kappa shape index (κ1) is 20.0. The normalized spacial score (nSPS) is 18.3. The molecule has 1 heterocycles. The van der Waals surface area contributed by atoms with Crippen molar-refractivity contribution in [2.45, 2.75) is 38.1 Å². The summed E-state index contributed by atoms with van der Waals surface area (Å²) in [4.78, 5) is 15.6. The lowest BCUT2D eigenvalue weighted by Gasteiger charge is -2.32. The highest BCUT2D eigenvalue weighted by molar-refractivity contribution is 5.68. The predicted molar refractivity (Wildman–Crippen MR) is 116 cm³/mol. The number of ether oxygens (including phenoxy) is 1. The van der Waals surface area contributed by atoms with E-state index in [-0.39, 0.29) is 18.6 Å². The molecule has 0 radical (unpaired) electrons. The number of carbonyl (C=O) groups is 1. The van der Waals surface area contributed by atoms with Crippen molar-refractivity contribution in [1.29, 1.82) is 0 Å². The van der Waals surface area contributed by atoms with Crippen molar-refractivity contribution in [3.8, 4) is 5.75 Å². The molecule has 0 aliphatic heterocycles. The van der Waals surface area contributed by atoms with Gasteiger partial charge in [0.2, 0.25) is 0 Å². The SMILES string of the molecule is CC=CC1CC(n2cnc(Cc3ccccc3)c2)Cc2c(OCC(=O)O)cccc21. The van der Waals surface area contributed by atoms with Gasteiger partial charge in [-0.25, -0.2) is 9.78 Å². The summed E-state index contributed by atoms with van der Waals surface area (Å²) in [6, 6.07) is 16.5. The van der Waals surface area contributed by atoms with Crippen LogP contribution in [0.2, 0.25) is 0 Å². The highest BCUT2D eigenvalue weighted by Crippen LogP contribution is 2.42. The van der Waals surface area contributed by atoms with Crippen molar-refractivity contribution in [2.24, 2.45) is 0 Å². The second kappa shape index (κ2) is 8.99. The maximum absolute atomic E-state index is 11.0. The standard InChI is InChI=1S/C25H26N2O3/c1-2-7-19-13-21(14-23-22(19)10-6-11-24(23)30-16-25(28)29)27-15-20(26-17-27)12-18-8-4-3-5-9-18/h2-11,15,17,19,21H,12-14,16H2,1H3,(H,28,29). The fourth-order valence-electron chi connectivity index (χ4n) is 4.28. The number of aromatic nitrogens is 2. The van der Waals surface area contributed by atoms with Gasteiger partial charge in [0, 0.05) is 24.6 Å². The van der Waals surface area contributed by atoms with Crippen LogP contribution in [-0.2, 0) is 17.6 Å². The monoisotopic (exact) mass is 402 g/mol. The topological polar surface area (TPSA) is 64.4 Å². The minimum atomic E-state index is -0.967. The first-order chi connectivity index (χ1) is 14.6. The van der Waals surface area contributed by atoms with Gasteiger partial charge in [0.15, 0.2) is 6.61 Å². The third-order valence-corrected chi connectivity index (χ3v) is 5.62. The largest absolute Gasteiger partial charge is 0.482 e. The number of hydrogen-bond donors (Lipinski definition) is 1. The van der Waals surface area contributed by atoms with Crippen LogP contribution in [0.25, 0.3) is 0 Å². The van der Waals surface area contributed by atoms with Crippen LogP contribution in [-0.4, -0.2) is 27.2 Å². The van der Waals surface area contributed by atoms with Crippen molar-refractivity contribution < 1.29 is 14.6 Å². The molecular formula is C25H26N2O3. The summed E-state index contributed by atoms with van der Waals surface area (Å²) in [5, 5.41) is 9.02. The molecule has 2 unspecified atom stereocenters. The maximum atomic E-state index is 11.0. The fraction of sp³-hybridized carbons (Fsp3) is 0.280. The third-order valence-electron chi connectivity index (χ3n) is 5.62. The van der Waals surface area contributed by atoms with E-state index in [4.69, 9.17) is 9.84 Å². The van der Waals surface area contributed by atoms with Gasteiger partial charge in [-0.05, 0) is 42.5 Å². The Morgan fingerprint density at radius 3 is 2.83 bits per heavy atom. The van der Waals surface area contributed by atoms with E-state index in [0.717, 1.165) is 30.5 Å². The molecule has 5 heteroatoms. The zero-order chi connectivity index (χ0) is 20.9. The lowest BCUT2D eigenvalue weighted by atomic mass is 9.79. The summed E-state index contributed by atoms with van der Waals surface area (Å²) in [6.07, 6.45) is 10.9. The average molecular weight is 402 g/mol. The van der Waals surface area contributed by atoms with E-state index in [1.165, 1.54) is 11.1 Å². The Bertz CT molecular complexity index is 1040. The Kier molecular flexibility index (Phi) is 5.98. The van der Waals surface area contributed by atoms with Gasteiger partial charge in [-0.3, -0.25) is 0 Å². The highest BCUT2D eigenvalue weighted by atomic mass is 16.5. The van der Waals surface area contributed by atoms with Crippen LogP contribution in [0.4, 0.5) is 0 Å². The summed E-state index contributed by atoms with van der Waals surface area (Å²) in [5.41, 5.74) is 4.60. The van der Waals surface area contributed by atoms with E-state index in [0.29, 0.717) is 5.75 Å². The molecule has 3 aromatic rings. The third kappa shape index (κ3) is 4.46. The molecule has 2 aromatic carbocycles. The molecule has 154 valence electrons. The van der Waals surface area contributed by atoms with E-state index in [2.05, 4.69) is 46.1 Å². The number of aliphatic carboxylic acids is 1. The second-order valence-corrected chi connectivity index (χ2v) is 7.71. The molecule has 0 saturated heterocycles. The molecular weight excluding hydrogens is 376 g/mol. The molecule has 4 rings (SSSR count). The van der Waals surface area contributed by atoms with Gasteiger partial charge in [0.05, 0.1) is 12.0 Å². The number of carboxylic acids is 1. The van der Waals surface area contributed by atoms with Crippen molar-refractivity contribution in [2.75, 3.05) is 6.61 Å². The molecule has 1 N–H and O–H groups in total. The van der Waals surface area contributed by atoms with Crippen LogP contribution in [0, 0.1) is 0 Å². The number of hydrogen-bond acceptors (Lipinski definition) is 3. The van der Waals surface area contributed by atoms with Crippen LogP contribution >= 0.6 is 0 Å². The maximum Gasteiger partial charge on any atom is 0.341 e. The van der Waals surface area contributed by atoms with Gasteiger partial charge < -0.3 is 14.4 Å². The van der Waals surface area contributed by atoms with Gasteiger partial charge in [0.1, 0.15) is 5.75 Å². The molecule has 0 amide bonds. The van der Waals surface area contributed by atoms with E-state index in [1.807, 2.05) is 43.6 Å². The molecule has 5 nitrogen and oxygen atoms in total. The molecule has 1 aromatic heterocycles. The number of allylic oxidation sites excluding steroid dienone is 2.